The number of allylic oxidation sites excluding steroid dienone is 4. The molecule has 0 saturated carbocycles. The van der Waals surface area contributed by atoms with Gasteiger partial charge >= 0.3 is 0 Å². The molecule has 0 radical (unpaired) electrons. The molecule has 0 unspecified atom stereocenters. The van der Waals surface area contributed by atoms with Crippen LogP contribution in [0.15, 0.2) is 170 Å². The highest BCUT2D eigenvalue weighted by Gasteiger charge is 2.15. The number of hydrogen-bond acceptors (Lipinski definition) is 0. The van der Waals surface area contributed by atoms with Crippen molar-refractivity contribution in [2.45, 2.75) is 26.7 Å². The van der Waals surface area contributed by atoms with Crippen LogP contribution in [0.1, 0.15) is 37.8 Å². The van der Waals surface area contributed by atoms with Crippen molar-refractivity contribution in [1.82, 2.24) is 0 Å². The lowest BCUT2D eigenvalue weighted by Gasteiger charge is -2.18. The van der Waals surface area contributed by atoms with Gasteiger partial charge in [0.05, 0.1) is 0 Å². The third-order valence-electron chi connectivity index (χ3n) is 9.69. The van der Waals surface area contributed by atoms with Crippen LogP contribution in [0.3, 0.4) is 0 Å². The molecule has 0 fully saturated rings. The van der Waals surface area contributed by atoms with Gasteiger partial charge in [0.25, 0.3) is 0 Å². The molecule has 0 N–H and O–H groups in total. The molecule has 230 valence electrons. The second-order valence-electron chi connectivity index (χ2n) is 12.4. The highest BCUT2D eigenvalue weighted by Crippen LogP contribution is 2.39. The molecule has 48 heavy (non-hydrogen) atoms. The highest BCUT2D eigenvalue weighted by atomic mass is 14.2. The van der Waals surface area contributed by atoms with E-state index in [1.165, 1.54) is 87.6 Å². The first kappa shape index (κ1) is 29.7. The molecule has 0 spiro atoms. The Kier molecular flexibility index (Phi) is 7.92. The van der Waals surface area contributed by atoms with E-state index in [-0.39, 0.29) is 0 Å². The van der Waals surface area contributed by atoms with E-state index in [0.717, 1.165) is 12.8 Å². The van der Waals surface area contributed by atoms with Crippen LogP contribution in [0, 0.1) is 0 Å². The maximum Gasteiger partial charge on any atom is -0.00992 e. The van der Waals surface area contributed by atoms with E-state index < -0.39 is 0 Å². The Hall–Kier alpha value is -5.72. The van der Waals surface area contributed by atoms with Crippen LogP contribution in [0.5, 0.6) is 0 Å². The van der Waals surface area contributed by atoms with Crippen molar-refractivity contribution in [2.24, 2.45) is 0 Å². The average molecular weight is 615 g/mol. The minimum atomic E-state index is 1.05. The molecule has 0 aromatic heterocycles. The zero-order valence-corrected chi connectivity index (χ0v) is 27.6. The summed E-state index contributed by atoms with van der Waals surface area (Å²) >= 11 is 0. The predicted molar refractivity (Wildman–Crippen MR) is 210 cm³/mol. The first-order chi connectivity index (χ1) is 23.8. The molecule has 0 bridgehead atoms. The Morgan fingerprint density at radius 1 is 0.375 bits per heavy atom. The van der Waals surface area contributed by atoms with Crippen LogP contribution in [0.2, 0.25) is 0 Å². The van der Waals surface area contributed by atoms with Crippen molar-refractivity contribution in [3.63, 3.8) is 0 Å². The number of fused-ring (bicyclic) bond motifs is 4. The van der Waals surface area contributed by atoms with Crippen molar-refractivity contribution >= 4 is 54.2 Å². The van der Waals surface area contributed by atoms with Crippen molar-refractivity contribution in [2.75, 3.05) is 0 Å². The second-order valence-corrected chi connectivity index (χ2v) is 12.4. The molecule has 8 aromatic rings. The van der Waals surface area contributed by atoms with E-state index in [1.807, 2.05) is 13.8 Å². The van der Waals surface area contributed by atoms with Gasteiger partial charge in [-0.25, -0.2) is 0 Å². The molecular formula is C48H38. The summed E-state index contributed by atoms with van der Waals surface area (Å²) in [4.78, 5) is 0. The van der Waals surface area contributed by atoms with Gasteiger partial charge in [-0.3, -0.25) is 0 Å². The molecule has 8 aromatic carbocycles. The van der Waals surface area contributed by atoms with Crippen LogP contribution in [0.4, 0.5) is 0 Å². The van der Waals surface area contributed by atoms with Crippen LogP contribution in [-0.4, -0.2) is 0 Å². The molecule has 0 heterocycles. The van der Waals surface area contributed by atoms with E-state index in [4.69, 9.17) is 0 Å². The van der Waals surface area contributed by atoms with Crippen LogP contribution in [0.25, 0.3) is 76.5 Å². The summed E-state index contributed by atoms with van der Waals surface area (Å²) in [5, 5.41) is 10.2. The third-order valence-corrected chi connectivity index (χ3v) is 9.69. The van der Waals surface area contributed by atoms with Crippen molar-refractivity contribution in [3.8, 4) is 22.3 Å². The topological polar surface area (TPSA) is 0 Å². The van der Waals surface area contributed by atoms with Gasteiger partial charge in [0, 0.05) is 0 Å². The fourth-order valence-electron chi connectivity index (χ4n) is 7.37. The van der Waals surface area contributed by atoms with E-state index >= 15 is 0 Å². The molecular weight excluding hydrogens is 577 g/mol. The summed E-state index contributed by atoms with van der Waals surface area (Å²) in [7, 11) is 0. The predicted octanol–water partition coefficient (Wildman–Crippen LogP) is 13.9. The summed E-state index contributed by atoms with van der Waals surface area (Å²) in [5.41, 5.74) is 10.4. The summed E-state index contributed by atoms with van der Waals surface area (Å²) in [5.74, 6) is 0. The highest BCUT2D eigenvalue weighted by molar-refractivity contribution is 6.05. The van der Waals surface area contributed by atoms with Gasteiger partial charge in [0.1, 0.15) is 0 Å². The first-order valence-electron chi connectivity index (χ1n) is 17.2. The van der Waals surface area contributed by atoms with E-state index in [1.54, 1.807) is 0 Å². The molecule has 0 nitrogen and oxygen atoms in total. The van der Waals surface area contributed by atoms with Gasteiger partial charge in [0.15, 0.2) is 0 Å². The summed E-state index contributed by atoms with van der Waals surface area (Å²) < 4.78 is 0. The van der Waals surface area contributed by atoms with Gasteiger partial charge in [-0.2, -0.15) is 0 Å². The molecule has 0 amide bonds. The zero-order valence-electron chi connectivity index (χ0n) is 27.6. The van der Waals surface area contributed by atoms with Gasteiger partial charge in [-0.1, -0.05) is 153 Å². The maximum absolute atomic E-state index is 2.40. The largest absolute Gasteiger partial charge is 0.0836 e. The lowest BCUT2D eigenvalue weighted by Crippen LogP contribution is -1.95. The minimum absolute atomic E-state index is 1.05. The average Bonchev–Trinajstić information content (AvgIpc) is 3.17. The van der Waals surface area contributed by atoms with E-state index in [2.05, 4.69) is 170 Å². The lowest BCUT2D eigenvalue weighted by molar-refractivity contribution is 1.06. The van der Waals surface area contributed by atoms with Crippen LogP contribution in [-0.2, 0) is 0 Å². The number of hydrogen-bond donors (Lipinski definition) is 0. The van der Waals surface area contributed by atoms with E-state index in [9.17, 15) is 0 Å². The van der Waals surface area contributed by atoms with E-state index in [0.29, 0.717) is 0 Å². The quantitative estimate of drug-likeness (QED) is 0.173. The Labute approximate surface area is 283 Å². The Bertz CT molecular complexity index is 2520. The molecule has 0 heteroatoms. The van der Waals surface area contributed by atoms with Crippen molar-refractivity contribution in [1.29, 1.82) is 0 Å². The monoisotopic (exact) mass is 614 g/mol. The number of rotatable bonds is 4. The lowest BCUT2D eigenvalue weighted by atomic mass is 9.86. The fraction of sp³-hybridized carbons (Fsp3) is 0.0833. The van der Waals surface area contributed by atoms with Gasteiger partial charge in [-0.05, 0) is 131 Å². The molecule has 0 saturated heterocycles. The standard InChI is InChI=1S/C46H32.C2H6/c1-2-12-33-26-36(23-20-31(33)10-1)42-15-5-6-16-43(42)37-24-21-34-28-40-30-38(25-22-35(40)27-39(34)29-37)44-17-7-8-18-45(44)46-19-9-13-32-11-3-4-14-41(32)46;1-2/h1-5,7-15,17-30H,6,16H2;1-2H3. The Morgan fingerprint density at radius 3 is 1.73 bits per heavy atom. The number of benzene rings is 8. The molecule has 0 atom stereocenters. The summed E-state index contributed by atoms with van der Waals surface area (Å²) in [6.07, 6.45) is 6.77. The normalized spacial score (nSPS) is 12.9. The van der Waals surface area contributed by atoms with Gasteiger partial charge in [-0.15, -0.1) is 0 Å². The third kappa shape index (κ3) is 5.40. The molecule has 0 aliphatic heterocycles. The SMILES string of the molecule is C1=CC(c2ccc3ccccc3c2)=C(c2ccc3cc4cc(-c5ccccc5-c5cccc6ccccc56)ccc4cc3c2)CC1.CC. The summed E-state index contributed by atoms with van der Waals surface area (Å²) in [6.45, 7) is 4.00. The van der Waals surface area contributed by atoms with Gasteiger partial charge < -0.3 is 0 Å². The maximum atomic E-state index is 2.40. The molecule has 1 aliphatic rings. The smallest absolute Gasteiger partial charge is 0.00992 e. The zero-order chi connectivity index (χ0) is 32.5. The fourth-order valence-corrected chi connectivity index (χ4v) is 7.37. The van der Waals surface area contributed by atoms with Crippen LogP contribution >= 0.6 is 0 Å². The minimum Gasteiger partial charge on any atom is -0.0836 e. The van der Waals surface area contributed by atoms with Crippen LogP contribution < -0.4 is 0 Å². The molecule has 9 rings (SSSR count). The first-order valence-corrected chi connectivity index (χ1v) is 17.2. The Balaban J connectivity index is 0.00000165. The summed E-state index contributed by atoms with van der Waals surface area (Å²) in [6, 6.07) is 58.3. The van der Waals surface area contributed by atoms with Crippen molar-refractivity contribution < 1.29 is 0 Å². The van der Waals surface area contributed by atoms with Gasteiger partial charge in [0.2, 0.25) is 0 Å². The Morgan fingerprint density at radius 2 is 0.917 bits per heavy atom. The second kappa shape index (κ2) is 12.8. The molecule has 1 aliphatic carbocycles. The van der Waals surface area contributed by atoms with Crippen molar-refractivity contribution in [3.05, 3.63) is 181 Å².